The summed E-state index contributed by atoms with van der Waals surface area (Å²) in [5, 5.41) is 0. The molecule has 5 nitrogen and oxygen atoms in total. The zero-order chi connectivity index (χ0) is 18.5. The molecule has 4 rings (SSSR count). The van der Waals surface area contributed by atoms with E-state index in [4.69, 9.17) is 0 Å². The van der Waals surface area contributed by atoms with E-state index in [0.29, 0.717) is 23.8 Å². The number of sulfonamides is 1. The second-order valence-electron chi connectivity index (χ2n) is 7.22. The minimum atomic E-state index is -3.94. The molecule has 1 aliphatic heterocycles. The minimum Gasteiger partial charge on any atom is -0.292 e. The van der Waals surface area contributed by atoms with E-state index in [-0.39, 0.29) is 4.90 Å². The van der Waals surface area contributed by atoms with Crippen LogP contribution in [0, 0.1) is 19.8 Å². The number of benzene rings is 2. The number of fused-ring (bicyclic) bond motifs is 1. The number of nitrogens with zero attached hydrogens (tertiary/aromatic N) is 2. The normalized spacial score (nSPS) is 19.2. The lowest BCUT2D eigenvalue weighted by Crippen LogP contribution is -2.53. The number of carbonyl (C=O) groups excluding carboxylic acids is 1. The average Bonchev–Trinajstić information content (AvgIpc) is 2.56. The molecular formula is C20H22N2O3S. The van der Waals surface area contributed by atoms with Crippen molar-refractivity contribution in [1.29, 1.82) is 0 Å². The molecule has 136 valence electrons. The molecule has 0 atom stereocenters. The lowest BCUT2D eigenvalue weighted by Gasteiger charge is -2.39. The van der Waals surface area contributed by atoms with Crippen molar-refractivity contribution in [3.63, 3.8) is 0 Å². The molecule has 2 aromatic rings. The van der Waals surface area contributed by atoms with Crippen molar-refractivity contribution in [2.24, 2.45) is 5.92 Å². The quantitative estimate of drug-likeness (QED) is 0.812. The summed E-state index contributed by atoms with van der Waals surface area (Å²) < 4.78 is 27.5. The van der Waals surface area contributed by atoms with E-state index in [0.717, 1.165) is 28.3 Å². The van der Waals surface area contributed by atoms with Crippen molar-refractivity contribution < 1.29 is 13.2 Å². The molecule has 0 bridgehead atoms. The first kappa shape index (κ1) is 17.1. The number of amides is 2. The van der Waals surface area contributed by atoms with Crippen LogP contribution < -0.4 is 9.21 Å². The van der Waals surface area contributed by atoms with E-state index in [1.54, 1.807) is 35.2 Å². The van der Waals surface area contributed by atoms with Crippen LogP contribution in [0.4, 0.5) is 16.2 Å². The van der Waals surface area contributed by atoms with Gasteiger partial charge in [-0.2, -0.15) is 4.31 Å². The number of hydrogen-bond acceptors (Lipinski definition) is 3. The predicted octanol–water partition coefficient (Wildman–Crippen LogP) is 4.24. The van der Waals surface area contributed by atoms with Crippen LogP contribution in [0.15, 0.2) is 47.4 Å². The standard InChI is InChI=1S/C20H22N2O3S/c1-14-10-11-15(2)18(12-14)22-20(23)21(13-16-6-5-7-16)17-8-3-4-9-19(17)26(22,24)25/h3-4,8-12,16H,5-7,13H2,1-2H3. The molecule has 1 fully saturated rings. The third-order valence-corrected chi connectivity index (χ3v) is 7.06. The fourth-order valence-electron chi connectivity index (χ4n) is 3.59. The van der Waals surface area contributed by atoms with Gasteiger partial charge in [0.25, 0.3) is 10.0 Å². The highest BCUT2D eigenvalue weighted by Gasteiger charge is 2.43. The second kappa shape index (κ2) is 6.13. The van der Waals surface area contributed by atoms with E-state index >= 15 is 0 Å². The van der Waals surface area contributed by atoms with Gasteiger partial charge in [0.2, 0.25) is 0 Å². The SMILES string of the molecule is Cc1ccc(C)c(N2C(=O)N(CC3CCC3)c3ccccc3S2(=O)=O)c1. The van der Waals surface area contributed by atoms with Crippen molar-refractivity contribution in [1.82, 2.24) is 0 Å². The Morgan fingerprint density at radius 1 is 1.04 bits per heavy atom. The lowest BCUT2D eigenvalue weighted by atomic mass is 9.85. The average molecular weight is 370 g/mol. The Morgan fingerprint density at radius 3 is 2.46 bits per heavy atom. The Morgan fingerprint density at radius 2 is 1.77 bits per heavy atom. The molecule has 2 amide bonds. The largest absolute Gasteiger partial charge is 0.343 e. The fraction of sp³-hybridized carbons (Fsp3) is 0.350. The van der Waals surface area contributed by atoms with Crippen molar-refractivity contribution in [2.45, 2.75) is 38.0 Å². The van der Waals surface area contributed by atoms with Crippen LogP contribution in [0.2, 0.25) is 0 Å². The van der Waals surface area contributed by atoms with Gasteiger partial charge >= 0.3 is 6.03 Å². The van der Waals surface area contributed by atoms with Crippen LogP contribution in [-0.2, 0) is 10.0 Å². The molecule has 6 heteroatoms. The van der Waals surface area contributed by atoms with Crippen LogP contribution in [0.25, 0.3) is 0 Å². The van der Waals surface area contributed by atoms with E-state index in [1.807, 2.05) is 26.0 Å². The summed E-state index contributed by atoms with van der Waals surface area (Å²) >= 11 is 0. The molecule has 0 saturated heterocycles. The Bertz CT molecular complexity index is 980. The Labute approximate surface area is 154 Å². The van der Waals surface area contributed by atoms with Gasteiger partial charge in [-0.15, -0.1) is 0 Å². The zero-order valence-corrected chi connectivity index (χ0v) is 15.8. The highest BCUT2D eigenvalue weighted by Crippen LogP contribution is 2.40. The summed E-state index contributed by atoms with van der Waals surface area (Å²) in [5.41, 5.74) is 2.60. The Balaban J connectivity index is 1.89. The van der Waals surface area contributed by atoms with Crippen LogP contribution >= 0.6 is 0 Å². The third-order valence-electron chi connectivity index (χ3n) is 5.33. The van der Waals surface area contributed by atoms with E-state index in [1.165, 1.54) is 6.42 Å². The molecule has 26 heavy (non-hydrogen) atoms. The minimum absolute atomic E-state index is 0.194. The summed E-state index contributed by atoms with van der Waals surface area (Å²) in [6.07, 6.45) is 3.34. The second-order valence-corrected chi connectivity index (χ2v) is 8.97. The molecule has 2 aromatic carbocycles. The van der Waals surface area contributed by atoms with Crippen molar-refractivity contribution in [2.75, 3.05) is 15.7 Å². The number of para-hydroxylation sites is 1. The molecule has 2 aliphatic rings. The maximum Gasteiger partial charge on any atom is 0.343 e. The Hall–Kier alpha value is -2.34. The summed E-state index contributed by atoms with van der Waals surface area (Å²) in [6, 6.07) is 11.8. The monoisotopic (exact) mass is 370 g/mol. The number of urea groups is 1. The summed E-state index contributed by atoms with van der Waals surface area (Å²) in [4.78, 5) is 15.2. The summed E-state index contributed by atoms with van der Waals surface area (Å²) in [7, 11) is -3.94. The topological polar surface area (TPSA) is 57.7 Å². The van der Waals surface area contributed by atoms with Crippen LogP contribution in [0.5, 0.6) is 0 Å². The molecule has 1 saturated carbocycles. The first-order chi connectivity index (χ1) is 12.4. The lowest BCUT2D eigenvalue weighted by molar-refractivity contribution is 0.248. The fourth-order valence-corrected chi connectivity index (χ4v) is 5.24. The molecule has 1 heterocycles. The van der Waals surface area contributed by atoms with Gasteiger partial charge in [-0.05, 0) is 61.9 Å². The third kappa shape index (κ3) is 2.60. The van der Waals surface area contributed by atoms with Crippen LogP contribution in [-0.4, -0.2) is 21.0 Å². The molecule has 0 N–H and O–H groups in total. The Kier molecular flexibility index (Phi) is 4.03. The maximum absolute atomic E-state index is 13.3. The molecule has 0 unspecified atom stereocenters. The van der Waals surface area contributed by atoms with Gasteiger partial charge in [-0.1, -0.05) is 30.7 Å². The number of rotatable bonds is 3. The zero-order valence-electron chi connectivity index (χ0n) is 15.0. The van der Waals surface area contributed by atoms with Crippen molar-refractivity contribution in [3.05, 3.63) is 53.6 Å². The number of anilines is 2. The van der Waals surface area contributed by atoms with Gasteiger partial charge in [-0.3, -0.25) is 4.90 Å². The van der Waals surface area contributed by atoms with Gasteiger partial charge in [0.15, 0.2) is 0 Å². The molecule has 0 aromatic heterocycles. The van der Waals surface area contributed by atoms with Gasteiger partial charge in [-0.25, -0.2) is 13.2 Å². The smallest absolute Gasteiger partial charge is 0.292 e. The van der Waals surface area contributed by atoms with Gasteiger partial charge in [0, 0.05) is 6.54 Å². The first-order valence-electron chi connectivity index (χ1n) is 8.92. The van der Waals surface area contributed by atoms with E-state index in [9.17, 15) is 13.2 Å². The van der Waals surface area contributed by atoms with Crippen LogP contribution in [0.1, 0.15) is 30.4 Å². The molecular weight excluding hydrogens is 348 g/mol. The number of carbonyl (C=O) groups is 1. The van der Waals surface area contributed by atoms with E-state index < -0.39 is 16.1 Å². The first-order valence-corrected chi connectivity index (χ1v) is 10.4. The summed E-state index contributed by atoms with van der Waals surface area (Å²) in [5.74, 6) is 0.438. The predicted molar refractivity (Wildman–Crippen MR) is 102 cm³/mol. The van der Waals surface area contributed by atoms with E-state index in [2.05, 4.69) is 0 Å². The maximum atomic E-state index is 13.3. The molecule has 1 aliphatic carbocycles. The highest BCUT2D eigenvalue weighted by atomic mass is 32.2. The number of aryl methyl sites for hydroxylation is 2. The number of hydrogen-bond donors (Lipinski definition) is 0. The molecule has 0 spiro atoms. The molecule has 0 radical (unpaired) electrons. The van der Waals surface area contributed by atoms with Crippen molar-refractivity contribution >= 4 is 27.4 Å². The van der Waals surface area contributed by atoms with Gasteiger partial charge in [0.1, 0.15) is 4.90 Å². The highest BCUT2D eigenvalue weighted by molar-refractivity contribution is 7.94. The van der Waals surface area contributed by atoms with Gasteiger partial charge < -0.3 is 0 Å². The summed E-state index contributed by atoms with van der Waals surface area (Å²) in [6.45, 7) is 4.28. The van der Waals surface area contributed by atoms with Crippen LogP contribution in [0.3, 0.4) is 0 Å². The van der Waals surface area contributed by atoms with Crippen molar-refractivity contribution in [3.8, 4) is 0 Å². The van der Waals surface area contributed by atoms with Gasteiger partial charge in [0.05, 0.1) is 11.4 Å².